The summed E-state index contributed by atoms with van der Waals surface area (Å²) in [6, 6.07) is 6.21. The van der Waals surface area contributed by atoms with E-state index in [1.807, 2.05) is 6.07 Å². The van der Waals surface area contributed by atoms with Crippen LogP contribution in [0.1, 0.15) is 46.5 Å². The zero-order chi connectivity index (χ0) is 14.8. The van der Waals surface area contributed by atoms with Crippen molar-refractivity contribution in [2.24, 2.45) is 17.3 Å². The number of benzene rings is 1. The molecule has 0 amide bonds. The molecule has 0 saturated heterocycles. The largest absolute Gasteiger partial charge is 0.384 e. The van der Waals surface area contributed by atoms with E-state index in [1.165, 1.54) is 29.3 Å². The molecule has 1 aliphatic carbocycles. The highest BCUT2D eigenvalue weighted by Gasteiger charge is 2.29. The van der Waals surface area contributed by atoms with Gasteiger partial charge in [-0.05, 0) is 83.7 Å². The lowest BCUT2D eigenvalue weighted by atomic mass is 9.70. The minimum Gasteiger partial charge on any atom is -0.384 e. The third-order valence-corrected chi connectivity index (χ3v) is 5.57. The van der Waals surface area contributed by atoms with Crippen LogP contribution in [0.15, 0.2) is 18.2 Å². The highest BCUT2D eigenvalue weighted by Crippen LogP contribution is 2.39. The van der Waals surface area contributed by atoms with Crippen LogP contribution in [0.25, 0.3) is 0 Å². The van der Waals surface area contributed by atoms with Gasteiger partial charge in [0.05, 0.1) is 10.7 Å². The molecule has 0 bridgehead atoms. The Morgan fingerprint density at radius 2 is 1.85 bits per heavy atom. The number of halogens is 2. The zero-order valence-electron chi connectivity index (χ0n) is 12.7. The number of rotatable bonds is 3. The molecule has 0 heterocycles. The minimum atomic E-state index is 0.470. The molecule has 0 unspecified atom stereocenters. The van der Waals surface area contributed by atoms with Crippen LogP contribution in [0.3, 0.4) is 0 Å². The molecule has 0 aromatic heterocycles. The molecule has 0 atom stereocenters. The van der Waals surface area contributed by atoms with Gasteiger partial charge in [-0.1, -0.05) is 32.4 Å². The van der Waals surface area contributed by atoms with Gasteiger partial charge in [-0.15, -0.1) is 0 Å². The molecular formula is C17H25ClIN. The molecule has 1 saturated carbocycles. The van der Waals surface area contributed by atoms with E-state index in [2.05, 4.69) is 60.8 Å². The van der Waals surface area contributed by atoms with Crippen molar-refractivity contribution in [3.05, 3.63) is 26.8 Å². The van der Waals surface area contributed by atoms with Gasteiger partial charge >= 0.3 is 0 Å². The standard InChI is InChI=1S/C17H25ClIN/c1-17(2,3)13-6-4-12(5-7-13)11-20-16-9-8-14(19)10-15(16)18/h8-10,12-13,20H,4-7,11H2,1-3H3. The van der Waals surface area contributed by atoms with Crippen molar-refractivity contribution in [2.75, 3.05) is 11.9 Å². The van der Waals surface area contributed by atoms with Crippen molar-refractivity contribution in [1.82, 2.24) is 0 Å². The predicted octanol–water partition coefficient (Wildman–Crippen LogP) is 6.21. The summed E-state index contributed by atoms with van der Waals surface area (Å²) in [7, 11) is 0. The molecule has 1 nitrogen and oxygen atoms in total. The van der Waals surface area contributed by atoms with Gasteiger partial charge in [-0.3, -0.25) is 0 Å². The molecule has 1 fully saturated rings. The Bertz CT molecular complexity index is 445. The van der Waals surface area contributed by atoms with Crippen molar-refractivity contribution in [1.29, 1.82) is 0 Å². The van der Waals surface area contributed by atoms with Crippen LogP contribution in [-0.4, -0.2) is 6.54 Å². The van der Waals surface area contributed by atoms with Crippen molar-refractivity contribution >= 4 is 39.9 Å². The average Bonchev–Trinajstić information content (AvgIpc) is 2.37. The lowest BCUT2D eigenvalue weighted by Crippen LogP contribution is -2.28. The van der Waals surface area contributed by atoms with Crippen LogP contribution >= 0.6 is 34.2 Å². The minimum absolute atomic E-state index is 0.470. The topological polar surface area (TPSA) is 12.0 Å². The molecule has 2 rings (SSSR count). The first-order valence-electron chi connectivity index (χ1n) is 7.55. The first kappa shape index (κ1) is 16.4. The summed E-state index contributed by atoms with van der Waals surface area (Å²) in [5, 5.41) is 4.36. The molecule has 1 aromatic rings. The Balaban J connectivity index is 1.82. The Morgan fingerprint density at radius 1 is 1.20 bits per heavy atom. The molecule has 0 radical (unpaired) electrons. The highest BCUT2D eigenvalue weighted by molar-refractivity contribution is 14.1. The summed E-state index contributed by atoms with van der Waals surface area (Å²) in [6.45, 7) is 8.18. The maximum absolute atomic E-state index is 6.26. The molecule has 1 aromatic carbocycles. The summed E-state index contributed by atoms with van der Waals surface area (Å²) >= 11 is 8.55. The van der Waals surface area contributed by atoms with Gasteiger partial charge in [0.15, 0.2) is 0 Å². The maximum atomic E-state index is 6.26. The first-order chi connectivity index (χ1) is 9.36. The quantitative estimate of drug-likeness (QED) is 0.590. The Hall–Kier alpha value is 0.0400. The first-order valence-corrected chi connectivity index (χ1v) is 9.01. The summed E-state index contributed by atoms with van der Waals surface area (Å²) in [5.74, 6) is 1.68. The Kier molecular flexibility index (Phi) is 5.63. The molecular weight excluding hydrogens is 381 g/mol. The summed E-state index contributed by atoms with van der Waals surface area (Å²) in [6.07, 6.45) is 5.43. The van der Waals surface area contributed by atoms with Gasteiger partial charge in [0, 0.05) is 10.1 Å². The van der Waals surface area contributed by atoms with Crippen molar-refractivity contribution in [3.63, 3.8) is 0 Å². The Labute approximate surface area is 142 Å². The van der Waals surface area contributed by atoms with E-state index in [9.17, 15) is 0 Å². The molecule has 0 spiro atoms. The smallest absolute Gasteiger partial charge is 0.0648 e. The number of anilines is 1. The Morgan fingerprint density at radius 3 is 2.40 bits per heavy atom. The van der Waals surface area contributed by atoms with Crippen molar-refractivity contribution in [2.45, 2.75) is 46.5 Å². The van der Waals surface area contributed by atoms with Gasteiger partial charge in [0.25, 0.3) is 0 Å². The second kappa shape index (κ2) is 6.87. The van der Waals surface area contributed by atoms with E-state index >= 15 is 0 Å². The lowest BCUT2D eigenvalue weighted by molar-refractivity contribution is 0.153. The fraction of sp³-hybridized carbons (Fsp3) is 0.647. The zero-order valence-corrected chi connectivity index (χ0v) is 15.6. The van der Waals surface area contributed by atoms with Crippen molar-refractivity contribution in [3.8, 4) is 0 Å². The lowest BCUT2D eigenvalue weighted by Gasteiger charge is -2.37. The SMILES string of the molecule is CC(C)(C)C1CCC(CNc2ccc(I)cc2Cl)CC1. The van der Waals surface area contributed by atoms with Crippen LogP contribution in [0.4, 0.5) is 5.69 Å². The van der Waals surface area contributed by atoms with Crippen LogP contribution in [-0.2, 0) is 0 Å². The van der Waals surface area contributed by atoms with E-state index in [0.29, 0.717) is 5.41 Å². The second-order valence-corrected chi connectivity index (χ2v) is 8.74. The van der Waals surface area contributed by atoms with E-state index in [-0.39, 0.29) is 0 Å². The van der Waals surface area contributed by atoms with Crippen LogP contribution in [0.5, 0.6) is 0 Å². The highest BCUT2D eigenvalue weighted by atomic mass is 127. The normalized spacial score (nSPS) is 23.6. The van der Waals surface area contributed by atoms with Gasteiger partial charge in [0.2, 0.25) is 0 Å². The molecule has 1 N–H and O–H groups in total. The molecule has 0 aliphatic heterocycles. The van der Waals surface area contributed by atoms with E-state index < -0.39 is 0 Å². The third-order valence-electron chi connectivity index (χ3n) is 4.58. The number of nitrogens with one attached hydrogen (secondary N) is 1. The fourth-order valence-corrected chi connectivity index (χ4v) is 4.04. The molecule has 20 heavy (non-hydrogen) atoms. The monoisotopic (exact) mass is 405 g/mol. The average molecular weight is 406 g/mol. The van der Waals surface area contributed by atoms with Gasteiger partial charge in [-0.2, -0.15) is 0 Å². The summed E-state index contributed by atoms with van der Waals surface area (Å²) < 4.78 is 1.18. The number of hydrogen-bond acceptors (Lipinski definition) is 1. The molecule has 3 heteroatoms. The van der Waals surface area contributed by atoms with E-state index in [4.69, 9.17) is 11.6 Å². The van der Waals surface area contributed by atoms with Gasteiger partial charge in [0.1, 0.15) is 0 Å². The van der Waals surface area contributed by atoms with Crippen molar-refractivity contribution < 1.29 is 0 Å². The third kappa shape index (κ3) is 4.52. The van der Waals surface area contributed by atoms with Gasteiger partial charge in [-0.25, -0.2) is 0 Å². The predicted molar refractivity (Wildman–Crippen MR) is 97.6 cm³/mol. The number of hydrogen-bond donors (Lipinski definition) is 1. The summed E-state index contributed by atoms with van der Waals surface area (Å²) in [4.78, 5) is 0. The molecule has 112 valence electrons. The van der Waals surface area contributed by atoms with E-state index in [1.54, 1.807) is 0 Å². The summed E-state index contributed by atoms with van der Waals surface area (Å²) in [5.41, 5.74) is 1.54. The van der Waals surface area contributed by atoms with Crippen LogP contribution < -0.4 is 5.32 Å². The van der Waals surface area contributed by atoms with Crippen LogP contribution in [0, 0.1) is 20.8 Å². The fourth-order valence-electron chi connectivity index (χ4n) is 3.12. The van der Waals surface area contributed by atoms with Gasteiger partial charge < -0.3 is 5.32 Å². The van der Waals surface area contributed by atoms with Crippen LogP contribution in [0.2, 0.25) is 5.02 Å². The second-order valence-electron chi connectivity index (χ2n) is 7.09. The maximum Gasteiger partial charge on any atom is 0.0648 e. The molecule has 1 aliphatic rings. The van der Waals surface area contributed by atoms with E-state index in [0.717, 1.165) is 29.1 Å².